The molecular formula is C9H21N3O3S. The maximum Gasteiger partial charge on any atom is 0.236 e. The van der Waals surface area contributed by atoms with Crippen molar-refractivity contribution in [3.63, 3.8) is 0 Å². The highest BCUT2D eigenvalue weighted by Gasteiger charge is 2.10. The van der Waals surface area contributed by atoms with E-state index in [1.54, 1.807) is 6.92 Å². The number of rotatable bonds is 8. The monoisotopic (exact) mass is 251 g/mol. The average Bonchev–Trinajstić information content (AvgIpc) is 2.19. The molecule has 96 valence electrons. The van der Waals surface area contributed by atoms with Crippen LogP contribution in [0.3, 0.4) is 0 Å². The van der Waals surface area contributed by atoms with Gasteiger partial charge in [-0.1, -0.05) is 6.92 Å². The molecule has 1 atom stereocenters. The fraction of sp³-hybridized carbons (Fsp3) is 0.889. The zero-order valence-corrected chi connectivity index (χ0v) is 10.9. The lowest BCUT2D eigenvalue weighted by Crippen LogP contribution is -2.44. The van der Waals surface area contributed by atoms with E-state index in [4.69, 9.17) is 0 Å². The Labute approximate surface area is 97.2 Å². The Bertz CT molecular complexity index is 303. The van der Waals surface area contributed by atoms with Crippen LogP contribution in [0.1, 0.15) is 20.3 Å². The Morgan fingerprint density at radius 2 is 1.88 bits per heavy atom. The van der Waals surface area contributed by atoms with E-state index in [0.717, 1.165) is 12.7 Å². The van der Waals surface area contributed by atoms with Gasteiger partial charge in [-0.2, -0.15) is 0 Å². The van der Waals surface area contributed by atoms with Crippen molar-refractivity contribution in [3.05, 3.63) is 0 Å². The molecule has 16 heavy (non-hydrogen) atoms. The van der Waals surface area contributed by atoms with Crippen molar-refractivity contribution in [1.29, 1.82) is 0 Å². The highest BCUT2D eigenvalue weighted by Crippen LogP contribution is 1.82. The minimum Gasteiger partial charge on any atom is -0.355 e. The van der Waals surface area contributed by atoms with E-state index in [2.05, 4.69) is 15.4 Å². The minimum absolute atomic E-state index is 0.0683. The van der Waals surface area contributed by atoms with Gasteiger partial charge >= 0.3 is 0 Å². The molecule has 7 heteroatoms. The first-order chi connectivity index (χ1) is 7.37. The SMILES string of the molecule is CCCNC(=O)C(C)NCCNS(C)(=O)=O. The number of hydrogen-bond acceptors (Lipinski definition) is 4. The lowest BCUT2D eigenvalue weighted by molar-refractivity contribution is -0.122. The molecule has 0 aromatic rings. The third kappa shape index (κ3) is 8.63. The first-order valence-electron chi connectivity index (χ1n) is 5.32. The zero-order valence-electron chi connectivity index (χ0n) is 10.0. The second-order valence-corrected chi connectivity index (χ2v) is 5.47. The van der Waals surface area contributed by atoms with Gasteiger partial charge in [0.2, 0.25) is 15.9 Å². The molecule has 0 heterocycles. The van der Waals surface area contributed by atoms with Crippen molar-refractivity contribution in [2.75, 3.05) is 25.9 Å². The van der Waals surface area contributed by atoms with Crippen molar-refractivity contribution in [2.24, 2.45) is 0 Å². The first kappa shape index (κ1) is 15.3. The van der Waals surface area contributed by atoms with Gasteiger partial charge in [-0.25, -0.2) is 13.1 Å². The first-order valence-corrected chi connectivity index (χ1v) is 7.21. The summed E-state index contributed by atoms with van der Waals surface area (Å²) < 4.78 is 23.8. The quantitative estimate of drug-likeness (QED) is 0.485. The molecule has 0 aliphatic carbocycles. The summed E-state index contributed by atoms with van der Waals surface area (Å²) in [6, 6.07) is -0.312. The van der Waals surface area contributed by atoms with E-state index in [0.29, 0.717) is 13.1 Å². The van der Waals surface area contributed by atoms with Crippen LogP contribution in [0.2, 0.25) is 0 Å². The van der Waals surface area contributed by atoms with Crippen molar-refractivity contribution in [1.82, 2.24) is 15.4 Å². The number of amides is 1. The van der Waals surface area contributed by atoms with Gasteiger partial charge in [0.15, 0.2) is 0 Å². The fourth-order valence-corrected chi connectivity index (χ4v) is 1.49. The Kier molecular flexibility index (Phi) is 7.27. The van der Waals surface area contributed by atoms with Gasteiger partial charge < -0.3 is 10.6 Å². The largest absolute Gasteiger partial charge is 0.355 e. The highest BCUT2D eigenvalue weighted by molar-refractivity contribution is 7.88. The van der Waals surface area contributed by atoms with Crippen LogP contribution in [0.15, 0.2) is 0 Å². The fourth-order valence-electron chi connectivity index (χ4n) is 1.02. The summed E-state index contributed by atoms with van der Waals surface area (Å²) in [5.41, 5.74) is 0. The summed E-state index contributed by atoms with van der Waals surface area (Å²) in [6.07, 6.45) is 2.00. The van der Waals surface area contributed by atoms with E-state index in [1.165, 1.54) is 0 Å². The topological polar surface area (TPSA) is 87.3 Å². The van der Waals surface area contributed by atoms with Crippen LogP contribution >= 0.6 is 0 Å². The molecule has 0 spiro atoms. The smallest absolute Gasteiger partial charge is 0.236 e. The number of nitrogens with one attached hydrogen (secondary N) is 3. The molecule has 0 rings (SSSR count). The van der Waals surface area contributed by atoms with E-state index >= 15 is 0 Å². The average molecular weight is 251 g/mol. The molecule has 0 aromatic carbocycles. The van der Waals surface area contributed by atoms with Crippen LogP contribution in [-0.4, -0.2) is 46.3 Å². The van der Waals surface area contributed by atoms with Crippen molar-refractivity contribution in [2.45, 2.75) is 26.3 Å². The van der Waals surface area contributed by atoms with E-state index in [-0.39, 0.29) is 18.5 Å². The molecule has 0 saturated carbocycles. The van der Waals surface area contributed by atoms with Gasteiger partial charge in [-0.3, -0.25) is 4.79 Å². The minimum atomic E-state index is -3.15. The van der Waals surface area contributed by atoms with Crippen LogP contribution in [-0.2, 0) is 14.8 Å². The van der Waals surface area contributed by atoms with Crippen LogP contribution in [0, 0.1) is 0 Å². The third-order valence-electron chi connectivity index (χ3n) is 1.88. The molecule has 0 aliphatic rings. The van der Waals surface area contributed by atoms with Crippen LogP contribution in [0.25, 0.3) is 0 Å². The predicted octanol–water partition coefficient (Wildman–Crippen LogP) is -0.960. The van der Waals surface area contributed by atoms with Crippen molar-refractivity contribution < 1.29 is 13.2 Å². The normalized spacial score (nSPS) is 13.4. The molecule has 0 radical (unpaired) electrons. The van der Waals surface area contributed by atoms with Crippen molar-refractivity contribution >= 4 is 15.9 Å². The number of carbonyl (C=O) groups is 1. The molecule has 6 nitrogen and oxygen atoms in total. The lowest BCUT2D eigenvalue weighted by Gasteiger charge is -2.13. The second kappa shape index (κ2) is 7.59. The van der Waals surface area contributed by atoms with Crippen molar-refractivity contribution in [3.8, 4) is 0 Å². The third-order valence-corrected chi connectivity index (χ3v) is 2.61. The van der Waals surface area contributed by atoms with Gasteiger partial charge in [-0.15, -0.1) is 0 Å². The number of sulfonamides is 1. The van der Waals surface area contributed by atoms with Gasteiger partial charge in [0.05, 0.1) is 12.3 Å². The summed E-state index contributed by atoms with van der Waals surface area (Å²) in [6.45, 7) is 5.09. The Morgan fingerprint density at radius 1 is 1.25 bits per heavy atom. The van der Waals surface area contributed by atoms with Crippen LogP contribution < -0.4 is 15.4 Å². The standard InChI is InChI=1S/C9H21N3O3S/c1-4-5-11-9(13)8(2)10-6-7-12-16(3,14)15/h8,10,12H,4-7H2,1-3H3,(H,11,13). The molecule has 0 aromatic heterocycles. The Morgan fingerprint density at radius 3 is 2.38 bits per heavy atom. The molecule has 0 fully saturated rings. The summed E-state index contributed by atoms with van der Waals surface area (Å²) in [7, 11) is -3.15. The molecule has 0 bridgehead atoms. The van der Waals surface area contributed by atoms with E-state index in [9.17, 15) is 13.2 Å². The Hall–Kier alpha value is -0.660. The molecule has 1 unspecified atom stereocenters. The summed E-state index contributed by atoms with van der Waals surface area (Å²) in [5, 5.41) is 5.67. The second-order valence-electron chi connectivity index (χ2n) is 3.63. The lowest BCUT2D eigenvalue weighted by atomic mass is 10.3. The molecule has 3 N–H and O–H groups in total. The summed E-state index contributed by atoms with van der Waals surface area (Å²) >= 11 is 0. The molecular weight excluding hydrogens is 230 g/mol. The molecule has 0 saturated heterocycles. The number of carbonyl (C=O) groups excluding carboxylic acids is 1. The van der Waals surface area contributed by atoms with Gasteiger partial charge in [-0.05, 0) is 13.3 Å². The molecule has 1 amide bonds. The summed E-state index contributed by atoms with van der Waals surface area (Å²) in [4.78, 5) is 11.4. The van der Waals surface area contributed by atoms with Gasteiger partial charge in [0.1, 0.15) is 0 Å². The summed E-state index contributed by atoms with van der Waals surface area (Å²) in [5.74, 6) is -0.0683. The molecule has 0 aliphatic heterocycles. The highest BCUT2D eigenvalue weighted by atomic mass is 32.2. The Balaban J connectivity index is 3.65. The predicted molar refractivity (Wildman–Crippen MR) is 63.6 cm³/mol. The van der Waals surface area contributed by atoms with E-state index < -0.39 is 10.0 Å². The van der Waals surface area contributed by atoms with Crippen LogP contribution in [0.5, 0.6) is 0 Å². The van der Waals surface area contributed by atoms with E-state index in [1.807, 2.05) is 6.92 Å². The zero-order chi connectivity index (χ0) is 12.6. The van der Waals surface area contributed by atoms with Crippen LogP contribution in [0.4, 0.5) is 0 Å². The maximum atomic E-state index is 11.4. The van der Waals surface area contributed by atoms with Gasteiger partial charge in [0, 0.05) is 19.6 Å². The maximum absolute atomic E-state index is 11.4. The van der Waals surface area contributed by atoms with Gasteiger partial charge in [0.25, 0.3) is 0 Å². The number of hydrogen-bond donors (Lipinski definition) is 3.